The summed E-state index contributed by atoms with van der Waals surface area (Å²) < 4.78 is 37.6. The molecule has 2 rings (SSSR count). The largest absolute Gasteiger partial charge is 0.416 e. The van der Waals surface area contributed by atoms with Gasteiger partial charge in [-0.3, -0.25) is 4.79 Å². The third kappa shape index (κ3) is 3.60. The van der Waals surface area contributed by atoms with Crippen molar-refractivity contribution in [3.05, 3.63) is 47.5 Å². The van der Waals surface area contributed by atoms with Crippen molar-refractivity contribution in [2.24, 2.45) is 11.7 Å². The molecule has 0 aromatic heterocycles. The van der Waals surface area contributed by atoms with Gasteiger partial charge in [-0.25, -0.2) is 0 Å². The molecule has 1 aromatic rings. The van der Waals surface area contributed by atoms with Gasteiger partial charge in [-0.1, -0.05) is 24.3 Å². The Kier molecular flexibility index (Phi) is 4.13. The van der Waals surface area contributed by atoms with E-state index in [-0.39, 0.29) is 24.4 Å². The Morgan fingerprint density at radius 3 is 2.70 bits per heavy atom. The van der Waals surface area contributed by atoms with E-state index < -0.39 is 11.7 Å². The molecule has 0 heterocycles. The first-order valence-electron chi connectivity index (χ1n) is 6.24. The van der Waals surface area contributed by atoms with Gasteiger partial charge in [0.25, 0.3) is 0 Å². The molecule has 0 fully saturated rings. The first-order valence-corrected chi connectivity index (χ1v) is 6.24. The summed E-state index contributed by atoms with van der Waals surface area (Å²) >= 11 is 0. The summed E-state index contributed by atoms with van der Waals surface area (Å²) in [4.78, 5) is 11.8. The monoisotopic (exact) mass is 284 g/mol. The molecule has 0 saturated carbocycles. The molecule has 2 unspecified atom stereocenters. The van der Waals surface area contributed by atoms with Crippen LogP contribution in [0.4, 0.5) is 13.2 Å². The van der Waals surface area contributed by atoms with Crippen molar-refractivity contribution in [2.45, 2.75) is 25.2 Å². The van der Waals surface area contributed by atoms with E-state index in [4.69, 9.17) is 5.73 Å². The van der Waals surface area contributed by atoms with Gasteiger partial charge in [0.15, 0.2) is 0 Å². The molecule has 0 aliphatic heterocycles. The Morgan fingerprint density at radius 1 is 1.35 bits per heavy atom. The van der Waals surface area contributed by atoms with Crippen molar-refractivity contribution in [3.8, 4) is 0 Å². The number of nitrogens with one attached hydrogen (secondary N) is 1. The lowest BCUT2D eigenvalue weighted by atomic mass is 10.1. The van der Waals surface area contributed by atoms with Crippen LogP contribution in [0.5, 0.6) is 0 Å². The van der Waals surface area contributed by atoms with Crippen molar-refractivity contribution in [3.63, 3.8) is 0 Å². The Balaban J connectivity index is 1.94. The van der Waals surface area contributed by atoms with Crippen LogP contribution in [0.15, 0.2) is 36.4 Å². The highest BCUT2D eigenvalue weighted by atomic mass is 19.4. The van der Waals surface area contributed by atoms with Crippen LogP contribution < -0.4 is 11.1 Å². The summed E-state index contributed by atoms with van der Waals surface area (Å²) in [6, 6.07) is 4.79. The summed E-state index contributed by atoms with van der Waals surface area (Å²) in [6.07, 6.45) is -0.351. The Morgan fingerprint density at radius 2 is 2.10 bits per heavy atom. The summed E-state index contributed by atoms with van der Waals surface area (Å²) in [5.41, 5.74) is 5.35. The molecular formula is C14H15F3N2O. The maximum atomic E-state index is 12.5. The molecule has 0 bridgehead atoms. The minimum absolute atomic E-state index is 0.0718. The number of hydrogen-bond donors (Lipinski definition) is 2. The number of alkyl halides is 3. The van der Waals surface area contributed by atoms with E-state index >= 15 is 0 Å². The fraction of sp³-hybridized carbons (Fsp3) is 0.357. The number of nitrogens with two attached hydrogens (primary N) is 1. The van der Waals surface area contributed by atoms with E-state index in [1.54, 1.807) is 18.2 Å². The predicted molar refractivity (Wildman–Crippen MR) is 68.5 cm³/mol. The van der Waals surface area contributed by atoms with Crippen molar-refractivity contribution in [2.75, 3.05) is 0 Å². The third-order valence-electron chi connectivity index (χ3n) is 3.17. The second-order valence-corrected chi connectivity index (χ2v) is 4.81. The quantitative estimate of drug-likeness (QED) is 0.836. The first-order chi connectivity index (χ1) is 9.36. The van der Waals surface area contributed by atoms with E-state index in [0.717, 1.165) is 12.1 Å². The normalized spacial score (nSPS) is 22.0. The molecule has 1 aliphatic rings. The average Bonchev–Trinajstić information content (AvgIpc) is 2.82. The number of carbonyl (C=O) groups excluding carboxylic acids is 1. The zero-order chi connectivity index (χ0) is 14.8. The highest BCUT2D eigenvalue weighted by molar-refractivity contribution is 5.81. The molecule has 6 heteroatoms. The Bertz CT molecular complexity index is 525. The second-order valence-electron chi connectivity index (χ2n) is 4.81. The van der Waals surface area contributed by atoms with Crippen LogP contribution in [-0.2, 0) is 17.5 Å². The molecule has 20 heavy (non-hydrogen) atoms. The molecular weight excluding hydrogens is 269 g/mol. The van der Waals surface area contributed by atoms with Crippen molar-refractivity contribution in [1.82, 2.24) is 5.32 Å². The molecule has 3 nitrogen and oxygen atoms in total. The summed E-state index contributed by atoms with van der Waals surface area (Å²) in [7, 11) is 0. The van der Waals surface area contributed by atoms with Crippen LogP contribution in [0, 0.1) is 5.92 Å². The first kappa shape index (κ1) is 14.6. The van der Waals surface area contributed by atoms with E-state index in [0.29, 0.717) is 12.0 Å². The Labute approximate surface area is 114 Å². The lowest BCUT2D eigenvalue weighted by molar-refractivity contribution is -0.137. The molecule has 0 radical (unpaired) electrons. The summed E-state index contributed by atoms with van der Waals surface area (Å²) in [5.74, 6) is -0.512. The molecule has 3 N–H and O–H groups in total. The van der Waals surface area contributed by atoms with Gasteiger partial charge in [0.1, 0.15) is 0 Å². The van der Waals surface area contributed by atoms with Gasteiger partial charge >= 0.3 is 6.18 Å². The maximum Gasteiger partial charge on any atom is 0.416 e. The zero-order valence-corrected chi connectivity index (χ0v) is 10.7. The number of benzene rings is 1. The van der Waals surface area contributed by atoms with Crippen LogP contribution in [0.3, 0.4) is 0 Å². The van der Waals surface area contributed by atoms with Gasteiger partial charge in [-0.15, -0.1) is 0 Å². The van der Waals surface area contributed by atoms with E-state index in [9.17, 15) is 18.0 Å². The SMILES string of the molecule is NC1C=CC(C(=O)NCc2cccc(C(F)(F)F)c2)C1. The van der Waals surface area contributed by atoms with E-state index in [2.05, 4.69) is 5.32 Å². The zero-order valence-electron chi connectivity index (χ0n) is 10.7. The smallest absolute Gasteiger partial charge is 0.352 e. The third-order valence-corrected chi connectivity index (χ3v) is 3.17. The van der Waals surface area contributed by atoms with Crippen molar-refractivity contribution in [1.29, 1.82) is 0 Å². The van der Waals surface area contributed by atoms with Gasteiger partial charge in [0, 0.05) is 12.6 Å². The number of hydrogen-bond acceptors (Lipinski definition) is 2. The molecule has 0 spiro atoms. The highest BCUT2D eigenvalue weighted by Crippen LogP contribution is 2.29. The molecule has 0 saturated heterocycles. The van der Waals surface area contributed by atoms with Crippen LogP contribution in [0.2, 0.25) is 0 Å². The van der Waals surface area contributed by atoms with E-state index in [1.165, 1.54) is 6.07 Å². The lowest BCUT2D eigenvalue weighted by Crippen LogP contribution is -2.30. The number of rotatable bonds is 3. The lowest BCUT2D eigenvalue weighted by Gasteiger charge is -2.12. The van der Waals surface area contributed by atoms with Crippen LogP contribution in [0.1, 0.15) is 17.5 Å². The minimum atomic E-state index is -4.37. The fourth-order valence-corrected chi connectivity index (χ4v) is 2.10. The van der Waals surface area contributed by atoms with E-state index in [1.807, 2.05) is 0 Å². The Hall–Kier alpha value is -1.82. The molecule has 1 aliphatic carbocycles. The fourth-order valence-electron chi connectivity index (χ4n) is 2.10. The van der Waals surface area contributed by atoms with Gasteiger partial charge in [-0.05, 0) is 24.1 Å². The minimum Gasteiger partial charge on any atom is -0.352 e. The molecule has 108 valence electrons. The van der Waals surface area contributed by atoms with Crippen molar-refractivity contribution < 1.29 is 18.0 Å². The summed E-state index contributed by atoms with van der Waals surface area (Å²) in [5, 5.41) is 2.63. The average molecular weight is 284 g/mol. The van der Waals surface area contributed by atoms with Crippen LogP contribution in [0.25, 0.3) is 0 Å². The topological polar surface area (TPSA) is 55.1 Å². The maximum absolute atomic E-state index is 12.5. The number of carbonyl (C=O) groups is 1. The highest BCUT2D eigenvalue weighted by Gasteiger charge is 2.30. The standard InChI is InChI=1S/C14H15F3N2O/c15-14(16,17)11-3-1-2-9(6-11)8-19-13(20)10-4-5-12(18)7-10/h1-6,10,12H,7-8,18H2,(H,19,20). The van der Waals surface area contributed by atoms with Crippen LogP contribution in [-0.4, -0.2) is 11.9 Å². The predicted octanol–water partition coefficient (Wildman–Crippen LogP) is 2.22. The summed E-state index contributed by atoms with van der Waals surface area (Å²) in [6.45, 7) is 0.0718. The van der Waals surface area contributed by atoms with Crippen molar-refractivity contribution >= 4 is 5.91 Å². The molecule has 1 amide bonds. The van der Waals surface area contributed by atoms with Gasteiger partial charge < -0.3 is 11.1 Å². The number of halogens is 3. The van der Waals surface area contributed by atoms with Gasteiger partial charge in [-0.2, -0.15) is 13.2 Å². The molecule has 1 aromatic carbocycles. The number of amides is 1. The van der Waals surface area contributed by atoms with Gasteiger partial charge in [0.05, 0.1) is 11.5 Å². The second kappa shape index (κ2) is 5.66. The van der Waals surface area contributed by atoms with Gasteiger partial charge in [0.2, 0.25) is 5.91 Å². The molecule has 2 atom stereocenters. The van der Waals surface area contributed by atoms with Crippen LogP contribution >= 0.6 is 0 Å².